The lowest BCUT2D eigenvalue weighted by Crippen LogP contribution is -2.21. The zero-order valence-corrected chi connectivity index (χ0v) is 14.0. The molecule has 104 valence electrons. The molecule has 0 spiro atoms. The van der Waals surface area contributed by atoms with Crippen molar-refractivity contribution in [3.8, 4) is 0 Å². The third kappa shape index (κ3) is 2.67. The summed E-state index contributed by atoms with van der Waals surface area (Å²) >= 11 is 6.77. The Morgan fingerprint density at radius 3 is 2.70 bits per heavy atom. The highest BCUT2D eigenvalue weighted by Crippen LogP contribution is 2.43. The number of aromatic nitrogens is 2. The van der Waals surface area contributed by atoms with E-state index < -0.39 is 0 Å². The van der Waals surface area contributed by atoms with Crippen LogP contribution >= 0.6 is 31.9 Å². The summed E-state index contributed by atoms with van der Waals surface area (Å²) in [5.74, 6) is 0.499. The van der Waals surface area contributed by atoms with Crippen LogP contribution in [0, 0.1) is 0 Å². The lowest BCUT2D eigenvalue weighted by atomic mass is 10.1. The molecule has 0 saturated heterocycles. The zero-order chi connectivity index (χ0) is 14.3. The molecule has 2 unspecified atom stereocenters. The van der Waals surface area contributed by atoms with Gasteiger partial charge in [0.15, 0.2) is 0 Å². The molecule has 3 rings (SSSR count). The fourth-order valence-electron chi connectivity index (χ4n) is 2.24. The maximum absolute atomic E-state index is 11.8. The van der Waals surface area contributed by atoms with E-state index in [0.717, 1.165) is 16.6 Å². The van der Waals surface area contributed by atoms with Crippen LogP contribution < -0.4 is 10.9 Å². The lowest BCUT2D eigenvalue weighted by molar-refractivity contribution is 0.703. The topological polar surface area (TPSA) is 46.9 Å². The maximum atomic E-state index is 11.8. The van der Waals surface area contributed by atoms with Crippen molar-refractivity contribution in [3.05, 3.63) is 55.3 Å². The van der Waals surface area contributed by atoms with Gasteiger partial charge in [0.1, 0.15) is 4.47 Å². The molecule has 1 aromatic heterocycles. The SMILES string of the molecule is Cn1ncc(NC2CC2c2ccc(Br)cc2)c(Br)c1=O. The number of halogens is 2. The van der Waals surface area contributed by atoms with E-state index in [9.17, 15) is 4.79 Å². The van der Waals surface area contributed by atoms with Crippen molar-refractivity contribution in [2.24, 2.45) is 7.05 Å². The summed E-state index contributed by atoms with van der Waals surface area (Å²) in [6, 6.07) is 8.74. The van der Waals surface area contributed by atoms with Crippen LogP contribution in [0.15, 0.2) is 44.2 Å². The summed E-state index contributed by atoms with van der Waals surface area (Å²) in [6.07, 6.45) is 2.76. The third-order valence-corrected chi connectivity index (χ3v) is 4.80. The predicted octanol–water partition coefficient (Wildman–Crippen LogP) is 3.27. The Hall–Kier alpha value is -1.14. The molecule has 1 heterocycles. The van der Waals surface area contributed by atoms with Gasteiger partial charge < -0.3 is 5.32 Å². The minimum Gasteiger partial charge on any atom is -0.379 e. The van der Waals surface area contributed by atoms with Crippen LogP contribution in [0.25, 0.3) is 0 Å². The van der Waals surface area contributed by atoms with Gasteiger partial charge in [0.05, 0.1) is 11.9 Å². The van der Waals surface area contributed by atoms with Crippen LogP contribution in [0.2, 0.25) is 0 Å². The molecule has 0 aliphatic heterocycles. The molecule has 1 saturated carbocycles. The fourth-order valence-corrected chi connectivity index (χ4v) is 2.98. The Morgan fingerprint density at radius 2 is 2.00 bits per heavy atom. The summed E-state index contributed by atoms with van der Waals surface area (Å²) in [6.45, 7) is 0. The Bertz CT molecular complexity index is 697. The second kappa shape index (κ2) is 5.33. The van der Waals surface area contributed by atoms with Crippen molar-refractivity contribution in [1.29, 1.82) is 0 Å². The maximum Gasteiger partial charge on any atom is 0.282 e. The number of rotatable bonds is 3. The van der Waals surface area contributed by atoms with Gasteiger partial charge in [-0.15, -0.1) is 0 Å². The largest absolute Gasteiger partial charge is 0.379 e. The van der Waals surface area contributed by atoms with Crippen LogP contribution in [0.1, 0.15) is 17.9 Å². The van der Waals surface area contributed by atoms with Gasteiger partial charge in [-0.2, -0.15) is 5.10 Å². The summed E-state index contributed by atoms with van der Waals surface area (Å²) < 4.78 is 2.94. The van der Waals surface area contributed by atoms with Gasteiger partial charge in [-0.1, -0.05) is 28.1 Å². The van der Waals surface area contributed by atoms with E-state index in [4.69, 9.17) is 0 Å². The average Bonchev–Trinajstić information content (AvgIpc) is 3.20. The van der Waals surface area contributed by atoms with Crippen LogP contribution in [0.5, 0.6) is 0 Å². The molecule has 1 aromatic carbocycles. The van der Waals surface area contributed by atoms with Crippen molar-refractivity contribution in [2.75, 3.05) is 5.32 Å². The molecule has 2 atom stereocenters. The van der Waals surface area contributed by atoms with E-state index >= 15 is 0 Å². The van der Waals surface area contributed by atoms with Gasteiger partial charge in [0, 0.05) is 23.5 Å². The van der Waals surface area contributed by atoms with Crippen LogP contribution in [-0.4, -0.2) is 15.8 Å². The molecule has 2 aromatic rings. The number of nitrogens with zero attached hydrogens (tertiary/aromatic N) is 2. The number of hydrogen-bond donors (Lipinski definition) is 1. The first-order valence-corrected chi connectivity index (χ1v) is 7.88. The molecule has 0 amide bonds. The van der Waals surface area contributed by atoms with Gasteiger partial charge in [-0.05, 0) is 40.0 Å². The first kappa shape index (κ1) is 13.8. The molecule has 1 aliphatic rings. The molecule has 1 N–H and O–H groups in total. The van der Waals surface area contributed by atoms with Gasteiger partial charge >= 0.3 is 0 Å². The molecular formula is C14H13Br2N3O. The van der Waals surface area contributed by atoms with Crippen molar-refractivity contribution < 1.29 is 0 Å². The number of anilines is 1. The molecular weight excluding hydrogens is 386 g/mol. The van der Waals surface area contributed by atoms with Crippen LogP contribution in [0.3, 0.4) is 0 Å². The summed E-state index contributed by atoms with van der Waals surface area (Å²) in [5, 5.41) is 7.42. The molecule has 1 fully saturated rings. The van der Waals surface area contributed by atoms with E-state index in [1.807, 2.05) is 0 Å². The number of aryl methyl sites for hydroxylation is 1. The molecule has 1 aliphatic carbocycles. The fraction of sp³-hybridized carbons (Fsp3) is 0.286. The normalized spacial score (nSPS) is 20.8. The minimum absolute atomic E-state index is 0.129. The predicted molar refractivity (Wildman–Crippen MR) is 86.1 cm³/mol. The van der Waals surface area contributed by atoms with E-state index in [2.05, 4.69) is 66.5 Å². The Morgan fingerprint density at radius 1 is 1.30 bits per heavy atom. The Balaban J connectivity index is 1.74. The Kier molecular flexibility index (Phi) is 3.69. The highest BCUT2D eigenvalue weighted by molar-refractivity contribution is 9.10. The highest BCUT2D eigenvalue weighted by Gasteiger charge is 2.38. The van der Waals surface area contributed by atoms with Crippen molar-refractivity contribution in [3.63, 3.8) is 0 Å². The quantitative estimate of drug-likeness (QED) is 0.862. The molecule has 0 radical (unpaired) electrons. The van der Waals surface area contributed by atoms with Crippen molar-refractivity contribution >= 4 is 37.5 Å². The minimum atomic E-state index is -0.129. The van der Waals surface area contributed by atoms with Gasteiger partial charge in [0.2, 0.25) is 0 Å². The standard InChI is InChI=1S/C14H13Br2N3O/c1-19-14(20)13(16)12(7-17-19)18-11-6-10(11)8-2-4-9(15)5-3-8/h2-5,7,10-11,18H,6H2,1H3. The number of hydrogen-bond acceptors (Lipinski definition) is 3. The van der Waals surface area contributed by atoms with Gasteiger partial charge in [-0.25, -0.2) is 4.68 Å². The molecule has 4 nitrogen and oxygen atoms in total. The van der Waals surface area contributed by atoms with Crippen LogP contribution in [-0.2, 0) is 7.05 Å². The van der Waals surface area contributed by atoms with Gasteiger partial charge in [0.25, 0.3) is 5.56 Å². The first-order valence-electron chi connectivity index (χ1n) is 6.30. The summed E-state index contributed by atoms with van der Waals surface area (Å²) in [5.41, 5.74) is 1.95. The monoisotopic (exact) mass is 397 g/mol. The third-order valence-electron chi connectivity index (χ3n) is 3.51. The zero-order valence-electron chi connectivity index (χ0n) is 10.8. The summed E-state index contributed by atoms with van der Waals surface area (Å²) in [4.78, 5) is 11.8. The van der Waals surface area contributed by atoms with Gasteiger partial charge in [-0.3, -0.25) is 4.79 Å². The molecule has 20 heavy (non-hydrogen) atoms. The highest BCUT2D eigenvalue weighted by atomic mass is 79.9. The lowest BCUT2D eigenvalue weighted by Gasteiger charge is -2.08. The van der Waals surface area contributed by atoms with E-state index in [0.29, 0.717) is 16.4 Å². The van der Waals surface area contributed by atoms with Crippen LogP contribution in [0.4, 0.5) is 5.69 Å². The second-order valence-electron chi connectivity index (χ2n) is 4.95. The van der Waals surface area contributed by atoms with Crippen molar-refractivity contribution in [1.82, 2.24) is 9.78 Å². The van der Waals surface area contributed by atoms with E-state index in [1.54, 1.807) is 13.2 Å². The van der Waals surface area contributed by atoms with Crippen molar-refractivity contribution in [2.45, 2.75) is 18.4 Å². The van der Waals surface area contributed by atoms with E-state index in [-0.39, 0.29) is 5.56 Å². The number of nitrogens with one attached hydrogen (secondary N) is 1. The van der Waals surface area contributed by atoms with E-state index in [1.165, 1.54) is 10.2 Å². The average molecular weight is 399 g/mol. The smallest absolute Gasteiger partial charge is 0.282 e. The summed E-state index contributed by atoms with van der Waals surface area (Å²) in [7, 11) is 1.64. The first-order chi connectivity index (χ1) is 9.56. The molecule has 6 heteroatoms. The second-order valence-corrected chi connectivity index (χ2v) is 6.65. The molecule has 0 bridgehead atoms. The number of benzene rings is 1. The Labute approximate surface area is 133 Å².